The Labute approximate surface area is 404 Å². The van der Waals surface area contributed by atoms with Crippen molar-refractivity contribution in [3.8, 4) is 30.2 Å². The number of ether oxygens (including phenoxy) is 2. The van der Waals surface area contributed by atoms with Crippen LogP contribution in [-0.2, 0) is 11.2 Å². The fourth-order valence-corrected chi connectivity index (χ4v) is 9.39. The number of hydrogen-bond acceptors (Lipinski definition) is 4. The van der Waals surface area contributed by atoms with Crippen LogP contribution in [0.4, 0.5) is 0 Å². The number of allylic oxidation sites excluding steroid dienone is 1. The lowest BCUT2D eigenvalue weighted by atomic mass is 9.72. The quantitative estimate of drug-likeness (QED) is 0.199. The molecule has 366 valence electrons. The summed E-state index contributed by atoms with van der Waals surface area (Å²) >= 11 is 0. The predicted octanol–water partition coefficient (Wildman–Crippen LogP) is 18.1. The van der Waals surface area contributed by atoms with E-state index in [2.05, 4.69) is 134 Å². The molecule has 0 saturated heterocycles. The lowest BCUT2D eigenvalue weighted by Gasteiger charge is -2.33. The van der Waals surface area contributed by atoms with E-state index in [-0.39, 0.29) is 18.8 Å². The van der Waals surface area contributed by atoms with Crippen LogP contribution in [0.3, 0.4) is 0 Å². The summed E-state index contributed by atoms with van der Waals surface area (Å²) in [5.74, 6) is 13.0. The topological polar surface area (TPSA) is 66.0 Å². The Morgan fingerprint density at radius 3 is 1.69 bits per heavy atom. The number of para-hydroxylation sites is 1. The monoisotopic (exact) mass is 893 g/mol. The molecule has 0 bridgehead atoms. The first-order chi connectivity index (χ1) is 30.6. The maximum atomic E-state index is 8.38. The number of fused-ring (bicyclic) bond motifs is 1. The lowest BCUT2D eigenvalue weighted by molar-refractivity contribution is 0.0502. The molecule has 3 aliphatic rings. The Morgan fingerprint density at radius 2 is 1.28 bits per heavy atom. The van der Waals surface area contributed by atoms with Gasteiger partial charge in [-0.15, -0.1) is 12.3 Å². The zero-order valence-electron chi connectivity index (χ0n) is 45.4. The van der Waals surface area contributed by atoms with Crippen molar-refractivity contribution in [3.63, 3.8) is 0 Å². The van der Waals surface area contributed by atoms with Crippen molar-refractivity contribution in [3.05, 3.63) is 70.3 Å². The molecule has 2 aromatic carbocycles. The number of nitrogens with zero attached hydrogens (tertiary/aromatic N) is 2. The molecule has 0 aromatic heterocycles. The number of hydrogen-bond donors (Lipinski definition) is 0. The van der Waals surface area contributed by atoms with Crippen molar-refractivity contribution in [2.75, 3.05) is 6.61 Å². The van der Waals surface area contributed by atoms with Crippen LogP contribution >= 0.6 is 0 Å². The van der Waals surface area contributed by atoms with Crippen LogP contribution in [0.15, 0.2) is 48.0 Å². The molecule has 2 aromatic rings. The first-order valence-electron chi connectivity index (χ1n) is 26.0. The maximum Gasteiger partial charge on any atom is 0.174 e. The molecule has 0 spiro atoms. The number of rotatable bonds is 12. The van der Waals surface area contributed by atoms with Gasteiger partial charge in [-0.25, -0.2) is 0 Å². The van der Waals surface area contributed by atoms with Crippen molar-refractivity contribution in [2.24, 2.45) is 53.3 Å². The van der Waals surface area contributed by atoms with E-state index in [0.29, 0.717) is 11.8 Å². The van der Waals surface area contributed by atoms with Crippen molar-refractivity contribution in [1.82, 2.24) is 0 Å². The van der Waals surface area contributed by atoms with Crippen molar-refractivity contribution < 1.29 is 9.47 Å². The summed E-state index contributed by atoms with van der Waals surface area (Å²) in [4.78, 5) is 0. The molecule has 0 radical (unpaired) electrons. The Kier molecular flexibility index (Phi) is 32.9. The second-order valence-corrected chi connectivity index (χ2v) is 21.4. The molecule has 4 heteroatoms. The van der Waals surface area contributed by atoms with Gasteiger partial charge in [-0.2, -0.15) is 10.5 Å². The summed E-state index contributed by atoms with van der Waals surface area (Å²) in [5.41, 5.74) is 6.72. The molecule has 65 heavy (non-hydrogen) atoms. The minimum absolute atomic E-state index is 0.115. The molecule has 5 atom stereocenters. The Morgan fingerprint density at radius 1 is 0.708 bits per heavy atom. The fourth-order valence-electron chi connectivity index (χ4n) is 9.39. The molecule has 0 aliphatic heterocycles. The standard InChI is InChI=1S/C15H16.C11H13NO.C11H22.C10H20.C8H18.C6H11NO/c1-4-5-12-8-14-7-6-13(11(2)3)10-15(14)9-12;1-9(2)10-5-3-4-6-11(10)13-8-7-12;1-4-10-7-5-6-8-11(10)9(2)3;1-8(2)10-7-5-4-6-9(10)3;1-6(2)8(5)7(3)4;1-5(2)8-6(3)4-7/h1,6-7,9-11H,5,8H2,2-3H3;3-6,9H,8H2,1-2H3;9-11H,4-8H2,1-3H3;8-10H,4-7H2,1-3H3;6-8H,1-5H3;5-6H,1-3H3. The van der Waals surface area contributed by atoms with Gasteiger partial charge < -0.3 is 9.47 Å². The third-order valence-electron chi connectivity index (χ3n) is 13.9. The highest BCUT2D eigenvalue weighted by atomic mass is 16.5. The van der Waals surface area contributed by atoms with Gasteiger partial charge >= 0.3 is 0 Å². The van der Waals surface area contributed by atoms with E-state index in [4.69, 9.17) is 26.4 Å². The molecule has 0 heterocycles. The summed E-state index contributed by atoms with van der Waals surface area (Å²) in [5, 5.41) is 16.6. The van der Waals surface area contributed by atoms with Gasteiger partial charge in [0, 0.05) is 6.42 Å². The Balaban J connectivity index is 0.000000769. The van der Waals surface area contributed by atoms with Gasteiger partial charge in [-0.05, 0) is 133 Å². The smallest absolute Gasteiger partial charge is 0.174 e. The summed E-state index contributed by atoms with van der Waals surface area (Å²) < 4.78 is 10.3. The van der Waals surface area contributed by atoms with Crippen LogP contribution in [0.5, 0.6) is 5.75 Å². The van der Waals surface area contributed by atoms with E-state index < -0.39 is 0 Å². The largest absolute Gasteiger partial charge is 0.478 e. The molecule has 0 amide bonds. The lowest BCUT2D eigenvalue weighted by Crippen LogP contribution is -2.23. The van der Waals surface area contributed by atoms with Gasteiger partial charge in [0.1, 0.15) is 17.9 Å². The van der Waals surface area contributed by atoms with E-state index in [9.17, 15) is 0 Å². The van der Waals surface area contributed by atoms with Gasteiger partial charge in [0.05, 0.1) is 12.2 Å². The maximum absolute atomic E-state index is 8.38. The third-order valence-corrected chi connectivity index (χ3v) is 13.9. The van der Waals surface area contributed by atoms with Crippen LogP contribution in [0, 0.1) is 88.3 Å². The highest BCUT2D eigenvalue weighted by Gasteiger charge is 2.26. The van der Waals surface area contributed by atoms with Crippen molar-refractivity contribution in [1.29, 1.82) is 10.5 Å². The van der Waals surface area contributed by atoms with Gasteiger partial charge in [-0.1, -0.05) is 197 Å². The van der Waals surface area contributed by atoms with Gasteiger partial charge in [-0.3, -0.25) is 0 Å². The summed E-state index contributed by atoms with van der Waals surface area (Å²) in [6.07, 6.45) is 22.6. The van der Waals surface area contributed by atoms with E-state index in [1.54, 1.807) is 6.92 Å². The number of benzene rings is 2. The minimum atomic E-state index is -0.269. The third kappa shape index (κ3) is 25.8. The molecule has 5 unspecified atom stereocenters. The van der Waals surface area contributed by atoms with Crippen LogP contribution < -0.4 is 4.74 Å². The number of nitriles is 2. The van der Waals surface area contributed by atoms with E-state index in [0.717, 1.165) is 77.4 Å². The first kappa shape index (κ1) is 61.5. The molecular formula is C61H100N2O2. The first-order valence-corrected chi connectivity index (χ1v) is 26.0. The molecule has 5 rings (SSSR count). The zero-order chi connectivity index (χ0) is 49.6. The summed E-state index contributed by atoms with van der Waals surface area (Å²) in [6, 6.07) is 18.5. The molecular weight excluding hydrogens is 793 g/mol. The second-order valence-electron chi connectivity index (χ2n) is 21.4. The van der Waals surface area contributed by atoms with E-state index >= 15 is 0 Å². The van der Waals surface area contributed by atoms with Gasteiger partial charge in [0.15, 0.2) is 6.61 Å². The number of terminal acetylenes is 1. The minimum Gasteiger partial charge on any atom is -0.478 e. The fraction of sp³-hybridized carbons (Fsp3) is 0.705. The zero-order valence-corrected chi connectivity index (χ0v) is 45.4. The molecule has 0 N–H and O–H groups in total. The predicted molar refractivity (Wildman–Crippen MR) is 284 cm³/mol. The Hall–Kier alpha value is -3.52. The van der Waals surface area contributed by atoms with Crippen LogP contribution in [-0.4, -0.2) is 18.8 Å². The van der Waals surface area contributed by atoms with Crippen molar-refractivity contribution >= 4 is 6.08 Å². The molecule has 2 fully saturated rings. The highest BCUT2D eigenvalue weighted by molar-refractivity contribution is 5.65. The van der Waals surface area contributed by atoms with E-state index in [1.807, 2.05) is 50.3 Å². The summed E-state index contributed by atoms with van der Waals surface area (Å²) in [6.45, 7) is 40.1. The Bertz CT molecular complexity index is 1690. The van der Waals surface area contributed by atoms with Gasteiger partial charge in [0.25, 0.3) is 0 Å². The van der Waals surface area contributed by atoms with Crippen LogP contribution in [0.25, 0.3) is 6.08 Å². The average molecular weight is 893 g/mol. The highest BCUT2D eigenvalue weighted by Crippen LogP contribution is 2.37. The van der Waals surface area contributed by atoms with Gasteiger partial charge in [0.2, 0.25) is 0 Å². The second kappa shape index (κ2) is 34.7. The molecule has 3 aliphatic carbocycles. The van der Waals surface area contributed by atoms with Crippen molar-refractivity contribution in [2.45, 2.75) is 219 Å². The molecule has 4 nitrogen and oxygen atoms in total. The normalized spacial score (nSPS) is 19.1. The average Bonchev–Trinajstić information content (AvgIpc) is 3.68. The molecule has 2 saturated carbocycles. The van der Waals surface area contributed by atoms with Crippen LogP contribution in [0.1, 0.15) is 223 Å². The van der Waals surface area contributed by atoms with E-state index in [1.165, 1.54) is 80.1 Å². The summed E-state index contributed by atoms with van der Waals surface area (Å²) in [7, 11) is 0. The van der Waals surface area contributed by atoms with Crippen LogP contribution in [0.2, 0.25) is 0 Å². The SMILES string of the molecule is C#CCC1=Cc2cc(C(C)C)ccc2C1.CC(C)C(C)C(C)C.CC(C)C1CCCCC1C.CC(C)OC(C)C#N.CC(C)c1ccccc1OCC#N.CCC1CCCCC1C(C)C.